The Balaban J connectivity index is 0.00000156. The van der Waals surface area contributed by atoms with Crippen LogP contribution in [0.3, 0.4) is 0 Å². The number of imidazole rings is 1. The van der Waals surface area contributed by atoms with Crippen LogP contribution in [0.25, 0.3) is 22.6 Å². The van der Waals surface area contributed by atoms with E-state index in [1.807, 2.05) is 12.1 Å². The highest BCUT2D eigenvalue weighted by atomic mass is 79.9. The van der Waals surface area contributed by atoms with Crippen molar-refractivity contribution in [2.45, 2.75) is 0 Å². The molecule has 0 fully saturated rings. The number of hydrogen-bond donors (Lipinski definition) is 0. The van der Waals surface area contributed by atoms with Crippen LogP contribution in [0.1, 0.15) is 0 Å². The Hall–Kier alpha value is -1.91. The Morgan fingerprint density at radius 3 is 2.22 bits per heavy atom. The third kappa shape index (κ3) is 2.96. The Morgan fingerprint density at radius 2 is 1.48 bits per heavy atom. The highest BCUT2D eigenvalue weighted by molar-refractivity contribution is 9.10. The summed E-state index contributed by atoms with van der Waals surface area (Å²) in [7, 11) is 0. The summed E-state index contributed by atoms with van der Waals surface area (Å²) in [6.45, 7) is 0. The summed E-state index contributed by atoms with van der Waals surface area (Å²) in [5, 5.41) is 0. The van der Waals surface area contributed by atoms with Crippen LogP contribution >= 0.6 is 15.9 Å². The van der Waals surface area contributed by atoms with Gasteiger partial charge < -0.3 is 17.0 Å². The molecule has 2 nitrogen and oxygen atoms in total. The lowest BCUT2D eigenvalue weighted by molar-refractivity contribution is -0.510. The highest BCUT2D eigenvalue weighted by Crippen LogP contribution is 2.26. The lowest BCUT2D eigenvalue weighted by Crippen LogP contribution is -3.00. The largest absolute Gasteiger partial charge is 1.00 e. The lowest BCUT2D eigenvalue weighted by Gasteiger charge is -2.03. The van der Waals surface area contributed by atoms with E-state index in [0.29, 0.717) is 0 Å². The first-order valence-electron chi connectivity index (χ1n) is 7.16. The fourth-order valence-electron chi connectivity index (χ4n) is 2.73. The third-order valence-electron chi connectivity index (χ3n) is 3.75. The van der Waals surface area contributed by atoms with Gasteiger partial charge in [0.2, 0.25) is 0 Å². The number of halogens is 2. The van der Waals surface area contributed by atoms with Gasteiger partial charge in [-0.1, -0.05) is 40.2 Å². The highest BCUT2D eigenvalue weighted by Gasteiger charge is 2.20. The van der Waals surface area contributed by atoms with Crippen molar-refractivity contribution in [3.63, 3.8) is 0 Å². The predicted molar refractivity (Wildman–Crippen MR) is 92.1 cm³/mol. The average Bonchev–Trinajstić information content (AvgIpc) is 2.96. The van der Waals surface area contributed by atoms with Crippen molar-refractivity contribution in [3.8, 4) is 16.9 Å². The molecule has 2 aromatic carbocycles. The van der Waals surface area contributed by atoms with Crippen molar-refractivity contribution in [2.75, 3.05) is 0 Å². The van der Waals surface area contributed by atoms with Gasteiger partial charge in [-0.05, 0) is 42.5 Å². The maximum atomic E-state index is 3.50. The first-order valence-corrected chi connectivity index (χ1v) is 7.95. The number of rotatable bonds is 2. The molecular weight excluding hydrogens is 416 g/mol. The van der Waals surface area contributed by atoms with E-state index < -0.39 is 0 Å². The SMILES string of the molecule is Brc1ccc(-c2c[n+]3ccccc3n2-c2ccccc2)cc1.[Br-]. The molecule has 2 aromatic heterocycles. The number of benzene rings is 2. The zero-order chi connectivity index (χ0) is 14.9. The van der Waals surface area contributed by atoms with Crippen molar-refractivity contribution >= 4 is 21.6 Å². The molecule has 0 aliphatic heterocycles. The van der Waals surface area contributed by atoms with Gasteiger partial charge in [0.15, 0.2) is 5.69 Å². The van der Waals surface area contributed by atoms with E-state index in [1.54, 1.807) is 0 Å². The van der Waals surface area contributed by atoms with Crippen molar-refractivity contribution in [2.24, 2.45) is 0 Å². The minimum Gasteiger partial charge on any atom is -1.00 e. The summed E-state index contributed by atoms with van der Waals surface area (Å²) in [6.07, 6.45) is 4.25. The van der Waals surface area contributed by atoms with E-state index in [0.717, 1.165) is 15.8 Å². The molecule has 114 valence electrons. The molecule has 0 aliphatic rings. The van der Waals surface area contributed by atoms with Gasteiger partial charge >= 0.3 is 0 Å². The molecular formula is C19H14Br2N2. The van der Waals surface area contributed by atoms with Gasteiger partial charge in [0.1, 0.15) is 11.9 Å². The van der Waals surface area contributed by atoms with Crippen molar-refractivity contribution in [1.82, 2.24) is 4.57 Å². The summed E-state index contributed by atoms with van der Waals surface area (Å²) in [6, 6.07) is 25.1. The number of nitrogens with zero attached hydrogens (tertiary/aromatic N) is 2. The third-order valence-corrected chi connectivity index (χ3v) is 4.28. The summed E-state index contributed by atoms with van der Waals surface area (Å²) in [5.41, 5.74) is 4.67. The van der Waals surface area contributed by atoms with E-state index in [2.05, 4.69) is 98.0 Å². The van der Waals surface area contributed by atoms with E-state index in [4.69, 9.17) is 0 Å². The van der Waals surface area contributed by atoms with E-state index in [-0.39, 0.29) is 17.0 Å². The second-order valence-electron chi connectivity index (χ2n) is 5.16. The Labute approximate surface area is 153 Å². The second kappa shape index (κ2) is 6.69. The first kappa shape index (κ1) is 16.0. The summed E-state index contributed by atoms with van der Waals surface area (Å²) < 4.78 is 5.53. The average molecular weight is 430 g/mol. The quantitative estimate of drug-likeness (QED) is 0.428. The molecule has 0 N–H and O–H groups in total. The van der Waals surface area contributed by atoms with E-state index >= 15 is 0 Å². The molecule has 0 saturated heterocycles. The molecule has 4 rings (SSSR count). The molecule has 0 atom stereocenters. The molecule has 0 spiro atoms. The van der Waals surface area contributed by atoms with Crippen LogP contribution in [-0.2, 0) is 0 Å². The lowest BCUT2D eigenvalue weighted by atomic mass is 10.1. The van der Waals surface area contributed by atoms with Gasteiger partial charge in [-0.25, -0.2) is 4.40 Å². The zero-order valence-corrected chi connectivity index (χ0v) is 15.4. The van der Waals surface area contributed by atoms with Crippen molar-refractivity contribution in [3.05, 3.63) is 89.7 Å². The van der Waals surface area contributed by atoms with Gasteiger partial charge in [-0.2, -0.15) is 4.57 Å². The van der Waals surface area contributed by atoms with Gasteiger partial charge in [-0.3, -0.25) is 0 Å². The molecule has 4 heteroatoms. The van der Waals surface area contributed by atoms with Crippen LogP contribution in [0.5, 0.6) is 0 Å². The van der Waals surface area contributed by atoms with Crippen LogP contribution in [0.15, 0.2) is 89.7 Å². The maximum Gasteiger partial charge on any atom is 0.291 e. The molecule has 0 bridgehead atoms. The van der Waals surface area contributed by atoms with Crippen molar-refractivity contribution < 1.29 is 21.4 Å². The van der Waals surface area contributed by atoms with E-state index in [9.17, 15) is 0 Å². The standard InChI is InChI=1S/C19H14BrN2.BrH/c20-16-11-9-15(10-12-16)18-14-21-13-5-4-8-19(21)22(18)17-6-2-1-3-7-17;/h1-14H;1H/q+1;/p-1. The smallest absolute Gasteiger partial charge is 0.291 e. The van der Waals surface area contributed by atoms with Crippen LogP contribution in [-0.4, -0.2) is 4.57 Å². The number of pyridine rings is 1. The molecule has 0 amide bonds. The van der Waals surface area contributed by atoms with Crippen LogP contribution < -0.4 is 21.4 Å². The Morgan fingerprint density at radius 1 is 0.783 bits per heavy atom. The van der Waals surface area contributed by atoms with E-state index in [1.165, 1.54) is 11.3 Å². The first-order chi connectivity index (χ1) is 10.8. The molecule has 2 heterocycles. The van der Waals surface area contributed by atoms with Gasteiger partial charge in [-0.15, -0.1) is 0 Å². The van der Waals surface area contributed by atoms with Gasteiger partial charge in [0, 0.05) is 16.1 Å². The molecule has 23 heavy (non-hydrogen) atoms. The maximum absolute atomic E-state index is 3.50. The Kier molecular flexibility index (Phi) is 4.64. The number of aromatic nitrogens is 2. The minimum absolute atomic E-state index is 0. The van der Waals surface area contributed by atoms with Crippen LogP contribution in [0.4, 0.5) is 0 Å². The fourth-order valence-corrected chi connectivity index (χ4v) is 3.00. The number of fused-ring (bicyclic) bond motifs is 1. The molecule has 0 radical (unpaired) electrons. The van der Waals surface area contributed by atoms with Crippen LogP contribution in [0.2, 0.25) is 0 Å². The molecule has 0 aliphatic carbocycles. The topological polar surface area (TPSA) is 9.03 Å². The zero-order valence-electron chi connectivity index (χ0n) is 12.2. The summed E-state index contributed by atoms with van der Waals surface area (Å²) in [4.78, 5) is 0. The van der Waals surface area contributed by atoms with Gasteiger partial charge in [0.05, 0.1) is 6.20 Å². The Bertz CT molecular complexity index is 929. The normalized spacial score (nSPS) is 10.5. The monoisotopic (exact) mass is 428 g/mol. The second-order valence-corrected chi connectivity index (χ2v) is 6.07. The van der Waals surface area contributed by atoms with Gasteiger partial charge in [0.25, 0.3) is 5.65 Å². The predicted octanol–water partition coefficient (Wildman–Crippen LogP) is 1.65. The summed E-state index contributed by atoms with van der Waals surface area (Å²) in [5.74, 6) is 0. The molecule has 0 saturated carbocycles. The number of hydrogen-bond acceptors (Lipinski definition) is 0. The summed E-state index contributed by atoms with van der Waals surface area (Å²) >= 11 is 3.50. The minimum atomic E-state index is 0. The number of para-hydroxylation sites is 1. The molecule has 0 unspecified atom stereocenters. The fraction of sp³-hybridized carbons (Fsp3) is 0. The molecule has 4 aromatic rings. The van der Waals surface area contributed by atoms with Crippen molar-refractivity contribution in [1.29, 1.82) is 0 Å². The van der Waals surface area contributed by atoms with Crippen LogP contribution in [0, 0.1) is 0 Å².